The predicted molar refractivity (Wildman–Crippen MR) is 199 cm³/mol. The summed E-state index contributed by atoms with van der Waals surface area (Å²) in [6.45, 7) is 4.14. The van der Waals surface area contributed by atoms with Gasteiger partial charge in [-0.1, -0.05) is 47.5 Å². The fourth-order valence-electron chi connectivity index (χ4n) is 6.54. The average Bonchev–Trinajstić information content (AvgIpc) is 3.87. The lowest BCUT2D eigenvalue weighted by Crippen LogP contribution is -2.30. The normalized spacial score (nSPS) is 12.2. The number of halogens is 2. The Kier molecular flexibility index (Phi) is 7.12. The lowest BCUT2D eigenvalue weighted by atomic mass is 9.97. The van der Waals surface area contributed by atoms with Crippen molar-refractivity contribution < 1.29 is 8.78 Å². The van der Waals surface area contributed by atoms with Gasteiger partial charge >= 0.3 is 0 Å². The lowest BCUT2D eigenvalue weighted by molar-refractivity contribution is 0.592. The Bertz CT molecular complexity index is 2960. The van der Waals surface area contributed by atoms with Crippen molar-refractivity contribution in [3.63, 3.8) is 0 Å². The average molecular weight is 709 g/mol. The second-order valence-corrected chi connectivity index (χ2v) is 13.4. The molecular weight excluding hydrogens is 687 g/mol. The molecule has 9 aromatic rings. The van der Waals surface area contributed by atoms with Gasteiger partial charge in [-0.25, -0.2) is 13.8 Å². The molecule has 7 aromatic carbocycles. The van der Waals surface area contributed by atoms with Crippen LogP contribution in [-0.4, -0.2) is 17.5 Å². The van der Waals surface area contributed by atoms with E-state index in [1.54, 1.807) is 6.07 Å². The van der Waals surface area contributed by atoms with Gasteiger partial charge in [0.05, 0.1) is 34.5 Å². The molecule has 0 amide bonds. The number of nitrogens with zero attached hydrogens (tertiary/aromatic N) is 6. The number of hydrogen-bond donors (Lipinski definition) is 0. The zero-order valence-electron chi connectivity index (χ0n) is 26.8. The molecule has 2 aromatic heterocycles. The monoisotopic (exact) mass is 708 g/mol. The van der Waals surface area contributed by atoms with Crippen molar-refractivity contribution in [2.45, 2.75) is 13.8 Å². The topological polar surface area (TPSA) is 101 Å². The molecule has 0 atom stereocenters. The molecule has 0 saturated carbocycles. The molecule has 0 aliphatic carbocycles. The smallest absolute Gasteiger partial charge is 0.252 e. The van der Waals surface area contributed by atoms with E-state index in [2.05, 4.69) is 114 Å². The predicted octanol–water partition coefficient (Wildman–Crippen LogP) is 8.86. The summed E-state index contributed by atoms with van der Waals surface area (Å²) in [7, 11) is 0. The number of rotatable bonds is 5. The van der Waals surface area contributed by atoms with E-state index in [9.17, 15) is 18.4 Å². The van der Waals surface area contributed by atoms with Crippen LogP contribution in [0.25, 0.3) is 54.7 Å². The van der Waals surface area contributed by atoms with Crippen molar-refractivity contribution in [2.24, 2.45) is 4.99 Å². The van der Waals surface area contributed by atoms with Crippen molar-refractivity contribution in [3.05, 3.63) is 146 Å². The lowest BCUT2D eigenvalue weighted by Gasteiger charge is -2.26. The number of benzene rings is 6. The van der Waals surface area contributed by atoms with Gasteiger partial charge in [-0.3, -0.25) is 9.59 Å². The maximum atomic E-state index is 14.6. The molecule has 9 rings (SSSR count). The van der Waals surface area contributed by atoms with Gasteiger partial charge in [0.2, 0.25) is 5.43 Å². The molecule has 0 aliphatic heterocycles. The molecular formula is C39H22F2N6O2S2. The number of hydrogen-bond acceptors (Lipinski definition) is 10. The van der Waals surface area contributed by atoms with Gasteiger partial charge in [0.15, 0.2) is 0 Å². The molecule has 0 fully saturated rings. The minimum atomic E-state index is -1.11. The van der Waals surface area contributed by atoms with Crippen LogP contribution >= 0.6 is 23.5 Å². The van der Waals surface area contributed by atoms with Crippen LogP contribution in [0.3, 0.4) is 0 Å². The first-order valence-corrected chi connectivity index (χ1v) is 17.3. The zero-order valence-corrected chi connectivity index (χ0v) is 28.4. The molecule has 0 radical (unpaired) electrons. The first kappa shape index (κ1) is 30.9. The summed E-state index contributed by atoms with van der Waals surface area (Å²) >= 11 is 2.03. The van der Waals surface area contributed by atoms with E-state index in [-0.39, 0.29) is 16.4 Å². The van der Waals surface area contributed by atoms with Gasteiger partial charge in [0.25, 0.3) is 5.43 Å². The van der Waals surface area contributed by atoms with Crippen LogP contribution in [0.15, 0.2) is 112 Å². The number of anilines is 3. The summed E-state index contributed by atoms with van der Waals surface area (Å²) in [5.74, 6) is -2.03. The third kappa shape index (κ3) is 5.02. The van der Waals surface area contributed by atoms with E-state index in [1.165, 1.54) is 11.1 Å². The Hall–Kier alpha value is -6.11. The molecule has 2 heterocycles. The summed E-state index contributed by atoms with van der Waals surface area (Å²) in [5.41, 5.74) is 7.45. The van der Waals surface area contributed by atoms with E-state index in [4.69, 9.17) is 0 Å². The van der Waals surface area contributed by atoms with E-state index < -0.39 is 27.9 Å². The highest BCUT2D eigenvalue weighted by atomic mass is 32.1. The maximum Gasteiger partial charge on any atom is 0.252 e. The van der Waals surface area contributed by atoms with Gasteiger partial charge in [0.1, 0.15) is 39.1 Å². The fourth-order valence-corrected chi connectivity index (χ4v) is 7.68. The molecule has 12 heteroatoms. The van der Waals surface area contributed by atoms with E-state index in [0.717, 1.165) is 63.1 Å². The third-order valence-corrected chi connectivity index (χ3v) is 10.1. The quantitative estimate of drug-likeness (QED) is 0.165. The minimum Gasteiger partial charge on any atom is -0.311 e. The van der Waals surface area contributed by atoms with Gasteiger partial charge in [-0.2, -0.15) is 17.5 Å². The Balaban J connectivity index is 1.21. The van der Waals surface area contributed by atoms with Crippen LogP contribution in [0.1, 0.15) is 11.1 Å². The SMILES string of the molecule is Cc1ccc(N(c2ccc(C)cc2)c2ccc(-c3cc4c(cc(N=c5c(=O)c(=O)c6c(F)cc(F)cc56)c5nsnc54)c4nsnc34)cc2)cc1. The molecule has 0 spiro atoms. The van der Waals surface area contributed by atoms with Gasteiger partial charge in [0, 0.05) is 44.9 Å². The Labute approximate surface area is 295 Å². The Morgan fingerprint density at radius 3 is 1.75 bits per heavy atom. The van der Waals surface area contributed by atoms with Gasteiger partial charge in [-0.15, -0.1) is 0 Å². The summed E-state index contributed by atoms with van der Waals surface area (Å²) in [4.78, 5) is 32.3. The number of aromatic nitrogens is 4. The summed E-state index contributed by atoms with van der Waals surface area (Å²) in [6, 6.07) is 30.3. The van der Waals surface area contributed by atoms with Crippen molar-refractivity contribution >= 4 is 89.8 Å². The minimum absolute atomic E-state index is 0.193. The van der Waals surface area contributed by atoms with Crippen molar-refractivity contribution in [1.82, 2.24) is 17.5 Å². The van der Waals surface area contributed by atoms with E-state index in [0.29, 0.717) is 33.5 Å². The first-order chi connectivity index (χ1) is 24.7. The second-order valence-electron chi connectivity index (χ2n) is 12.3. The Morgan fingerprint density at radius 1 is 0.588 bits per heavy atom. The molecule has 0 N–H and O–H groups in total. The summed E-state index contributed by atoms with van der Waals surface area (Å²) in [5, 5.41) is 0.370. The molecule has 0 saturated heterocycles. The van der Waals surface area contributed by atoms with Crippen LogP contribution in [0.2, 0.25) is 0 Å². The van der Waals surface area contributed by atoms with Gasteiger partial charge in [-0.05, 0) is 74.0 Å². The standard InChI is InChI=1S/C39H22F2N6O2S2/c1-19-3-9-23(10-4-19)47(24-11-5-20(2)6-12-24)25-13-7-21(8-14-25)26-17-27-28(34-33(26)43-50-44-34)18-31(37-35(27)45-51-46-37)42-36-29-15-22(40)16-30(41)32(29)38(48)39(36)49/h3-18H,1-2H3. The maximum absolute atomic E-state index is 14.6. The molecule has 8 nitrogen and oxygen atoms in total. The van der Waals surface area contributed by atoms with Crippen LogP contribution in [-0.2, 0) is 0 Å². The van der Waals surface area contributed by atoms with E-state index >= 15 is 0 Å². The van der Waals surface area contributed by atoms with Crippen LogP contribution < -0.4 is 21.1 Å². The highest BCUT2D eigenvalue weighted by Crippen LogP contribution is 2.41. The Morgan fingerprint density at radius 2 is 1.12 bits per heavy atom. The van der Waals surface area contributed by atoms with Crippen molar-refractivity contribution in [1.29, 1.82) is 0 Å². The second kappa shape index (κ2) is 11.8. The number of aryl methyl sites for hydroxylation is 2. The van der Waals surface area contributed by atoms with Gasteiger partial charge < -0.3 is 4.90 Å². The molecule has 0 bridgehead atoms. The van der Waals surface area contributed by atoms with E-state index in [1.807, 2.05) is 6.07 Å². The molecule has 51 heavy (non-hydrogen) atoms. The molecule has 0 unspecified atom stereocenters. The number of fused-ring (bicyclic) bond motifs is 6. The van der Waals surface area contributed by atoms with Crippen LogP contribution in [0, 0.1) is 25.5 Å². The van der Waals surface area contributed by atoms with Crippen LogP contribution in [0.5, 0.6) is 0 Å². The van der Waals surface area contributed by atoms with Crippen LogP contribution in [0.4, 0.5) is 31.5 Å². The molecule has 0 aliphatic rings. The zero-order chi connectivity index (χ0) is 35.0. The third-order valence-electron chi connectivity index (χ3n) is 9.06. The highest BCUT2D eigenvalue weighted by Gasteiger charge is 2.21. The summed E-state index contributed by atoms with van der Waals surface area (Å²) < 4.78 is 47.1. The van der Waals surface area contributed by atoms with Crippen molar-refractivity contribution in [2.75, 3.05) is 4.90 Å². The summed E-state index contributed by atoms with van der Waals surface area (Å²) in [6.07, 6.45) is 0. The fraction of sp³-hybridized carbons (Fsp3) is 0.0513. The first-order valence-electron chi connectivity index (χ1n) is 15.8. The largest absolute Gasteiger partial charge is 0.311 e. The highest BCUT2D eigenvalue weighted by molar-refractivity contribution is 7.00. The van der Waals surface area contributed by atoms with Crippen molar-refractivity contribution in [3.8, 4) is 11.1 Å². The molecule has 246 valence electrons.